The SMILES string of the molecule is Cc1cc(C)c(NS(=O)(=O)c2ccc(NS(=O)(=O)c3cccc4cccnc34)cc2)c(C)c1. The highest BCUT2D eigenvalue weighted by Crippen LogP contribution is 2.27. The third kappa shape index (κ3) is 4.69. The highest BCUT2D eigenvalue weighted by Gasteiger charge is 2.20. The molecule has 0 saturated carbocycles. The molecule has 0 amide bonds. The molecule has 170 valence electrons. The topological polar surface area (TPSA) is 105 Å². The Hall–Kier alpha value is -3.43. The van der Waals surface area contributed by atoms with E-state index in [0.717, 1.165) is 16.7 Å². The fourth-order valence-corrected chi connectivity index (χ4v) is 6.18. The van der Waals surface area contributed by atoms with Crippen LogP contribution in [0.3, 0.4) is 0 Å². The zero-order chi connectivity index (χ0) is 23.8. The predicted molar refractivity (Wildman–Crippen MR) is 130 cm³/mol. The van der Waals surface area contributed by atoms with E-state index in [2.05, 4.69) is 14.4 Å². The molecule has 0 fully saturated rings. The molecule has 9 heteroatoms. The van der Waals surface area contributed by atoms with Gasteiger partial charge in [-0.05, 0) is 68.3 Å². The number of para-hydroxylation sites is 1. The van der Waals surface area contributed by atoms with Gasteiger partial charge in [-0.2, -0.15) is 0 Å². The first-order valence-corrected chi connectivity index (χ1v) is 13.1. The number of pyridine rings is 1. The monoisotopic (exact) mass is 481 g/mol. The average Bonchev–Trinajstić information content (AvgIpc) is 2.76. The molecule has 0 atom stereocenters. The van der Waals surface area contributed by atoms with Crippen molar-refractivity contribution >= 4 is 42.3 Å². The molecule has 3 aromatic carbocycles. The highest BCUT2D eigenvalue weighted by molar-refractivity contribution is 7.93. The van der Waals surface area contributed by atoms with Crippen molar-refractivity contribution in [3.05, 3.63) is 89.6 Å². The summed E-state index contributed by atoms with van der Waals surface area (Å²) in [7, 11) is -7.78. The van der Waals surface area contributed by atoms with Crippen LogP contribution in [0.15, 0.2) is 82.7 Å². The molecular weight excluding hydrogens is 458 g/mol. The predicted octanol–water partition coefficient (Wildman–Crippen LogP) is 4.76. The minimum atomic E-state index is -3.93. The maximum absolute atomic E-state index is 13.0. The number of hydrogen-bond donors (Lipinski definition) is 2. The first kappa shape index (κ1) is 22.8. The van der Waals surface area contributed by atoms with Crippen LogP contribution in [0.4, 0.5) is 11.4 Å². The lowest BCUT2D eigenvalue weighted by molar-refractivity contribution is 0.600. The third-order valence-electron chi connectivity index (χ3n) is 5.22. The minimum Gasteiger partial charge on any atom is -0.280 e. The van der Waals surface area contributed by atoms with Crippen LogP contribution in [0.1, 0.15) is 16.7 Å². The molecule has 0 saturated heterocycles. The molecule has 4 aromatic rings. The fraction of sp³-hybridized carbons (Fsp3) is 0.125. The molecule has 7 nitrogen and oxygen atoms in total. The molecule has 4 rings (SSSR count). The summed E-state index contributed by atoms with van der Waals surface area (Å²) < 4.78 is 56.8. The van der Waals surface area contributed by atoms with E-state index in [9.17, 15) is 16.8 Å². The molecule has 0 radical (unpaired) electrons. The normalized spacial score (nSPS) is 12.0. The van der Waals surface area contributed by atoms with Crippen molar-refractivity contribution in [1.29, 1.82) is 0 Å². The van der Waals surface area contributed by atoms with E-state index in [1.165, 1.54) is 36.5 Å². The Kier molecular flexibility index (Phi) is 5.85. The molecule has 1 aromatic heterocycles. The maximum atomic E-state index is 13.0. The smallest absolute Gasteiger partial charge is 0.264 e. The number of rotatable bonds is 6. The Labute approximate surface area is 193 Å². The van der Waals surface area contributed by atoms with Crippen LogP contribution >= 0.6 is 0 Å². The zero-order valence-electron chi connectivity index (χ0n) is 18.3. The molecule has 0 aliphatic carbocycles. The number of anilines is 2. The molecule has 1 heterocycles. The molecule has 0 unspecified atom stereocenters. The Morgan fingerprint density at radius 2 is 1.36 bits per heavy atom. The lowest BCUT2D eigenvalue weighted by Crippen LogP contribution is -2.16. The Morgan fingerprint density at radius 3 is 2.03 bits per heavy atom. The molecule has 33 heavy (non-hydrogen) atoms. The van der Waals surface area contributed by atoms with Crippen LogP contribution in [-0.2, 0) is 20.0 Å². The quantitative estimate of drug-likeness (QED) is 0.413. The van der Waals surface area contributed by atoms with E-state index < -0.39 is 20.0 Å². The van der Waals surface area contributed by atoms with Crippen LogP contribution in [0, 0.1) is 20.8 Å². The molecule has 2 N–H and O–H groups in total. The molecule has 0 aliphatic rings. The Bertz CT molecular complexity index is 1540. The van der Waals surface area contributed by atoms with Crippen LogP contribution in [0.2, 0.25) is 0 Å². The number of fused-ring (bicyclic) bond motifs is 1. The van der Waals surface area contributed by atoms with Gasteiger partial charge >= 0.3 is 0 Å². The van der Waals surface area contributed by atoms with E-state index in [4.69, 9.17) is 0 Å². The lowest BCUT2D eigenvalue weighted by atomic mass is 10.1. The maximum Gasteiger partial charge on any atom is 0.264 e. The van der Waals surface area contributed by atoms with Gasteiger partial charge in [0.15, 0.2) is 0 Å². The standard InChI is InChI=1S/C24H23N3O4S2/c1-16-14-17(2)23(18(3)15-16)27-32(28,29)21-11-9-20(10-12-21)26-33(30,31)22-8-4-6-19-7-5-13-25-24(19)22/h4-15,26-27H,1-3H3. The third-order valence-corrected chi connectivity index (χ3v) is 7.99. The van der Waals surface area contributed by atoms with Crippen molar-refractivity contribution in [1.82, 2.24) is 4.98 Å². The van der Waals surface area contributed by atoms with E-state index in [1.54, 1.807) is 24.3 Å². The van der Waals surface area contributed by atoms with Gasteiger partial charge in [-0.3, -0.25) is 14.4 Å². The summed E-state index contributed by atoms with van der Waals surface area (Å²) in [5, 5.41) is 0.703. The van der Waals surface area contributed by atoms with E-state index in [-0.39, 0.29) is 15.5 Å². The largest absolute Gasteiger partial charge is 0.280 e. The van der Waals surface area contributed by atoms with Crippen molar-refractivity contribution in [2.75, 3.05) is 9.44 Å². The summed E-state index contributed by atoms with van der Waals surface area (Å²) >= 11 is 0. The molecular formula is C24H23N3O4S2. The molecule has 0 aliphatic heterocycles. The zero-order valence-corrected chi connectivity index (χ0v) is 20.0. The van der Waals surface area contributed by atoms with Crippen LogP contribution in [0.25, 0.3) is 10.9 Å². The number of sulfonamides is 2. The number of hydrogen-bond acceptors (Lipinski definition) is 5. The first-order valence-electron chi connectivity index (χ1n) is 10.1. The van der Waals surface area contributed by atoms with Crippen LogP contribution < -0.4 is 9.44 Å². The van der Waals surface area contributed by atoms with Crippen molar-refractivity contribution in [3.63, 3.8) is 0 Å². The van der Waals surface area contributed by atoms with Gasteiger partial charge < -0.3 is 0 Å². The van der Waals surface area contributed by atoms with Gasteiger partial charge in [0.25, 0.3) is 20.0 Å². The summed E-state index contributed by atoms with van der Waals surface area (Å²) in [5.41, 5.74) is 3.83. The van der Waals surface area contributed by atoms with Gasteiger partial charge in [-0.25, -0.2) is 16.8 Å². The van der Waals surface area contributed by atoms with Gasteiger partial charge in [0.1, 0.15) is 4.90 Å². The van der Waals surface area contributed by atoms with Gasteiger partial charge in [0.05, 0.1) is 16.1 Å². The number of benzene rings is 3. The summed E-state index contributed by atoms with van der Waals surface area (Å²) in [6, 6.07) is 17.8. The van der Waals surface area contributed by atoms with Crippen molar-refractivity contribution < 1.29 is 16.8 Å². The highest BCUT2D eigenvalue weighted by atomic mass is 32.2. The van der Waals surface area contributed by atoms with Gasteiger partial charge in [-0.1, -0.05) is 35.9 Å². The molecule has 0 bridgehead atoms. The van der Waals surface area contributed by atoms with Crippen LogP contribution in [-0.4, -0.2) is 21.8 Å². The van der Waals surface area contributed by atoms with Crippen molar-refractivity contribution in [2.24, 2.45) is 0 Å². The lowest BCUT2D eigenvalue weighted by Gasteiger charge is -2.15. The van der Waals surface area contributed by atoms with Gasteiger partial charge in [0, 0.05) is 17.3 Å². The first-order chi connectivity index (χ1) is 15.6. The van der Waals surface area contributed by atoms with Crippen molar-refractivity contribution in [3.8, 4) is 0 Å². The number of nitrogens with one attached hydrogen (secondary N) is 2. The Morgan fingerprint density at radius 1 is 0.727 bits per heavy atom. The molecule has 0 spiro atoms. The second-order valence-electron chi connectivity index (χ2n) is 7.84. The second-order valence-corrected chi connectivity index (χ2v) is 11.2. The number of aryl methyl sites for hydroxylation is 3. The second kappa shape index (κ2) is 8.49. The minimum absolute atomic E-state index is 0.0247. The summed E-state index contributed by atoms with van der Waals surface area (Å²) in [4.78, 5) is 4.26. The van der Waals surface area contributed by atoms with Crippen LogP contribution in [0.5, 0.6) is 0 Å². The van der Waals surface area contributed by atoms with E-state index in [0.29, 0.717) is 16.6 Å². The van der Waals surface area contributed by atoms with E-state index in [1.807, 2.05) is 32.9 Å². The number of aromatic nitrogens is 1. The summed E-state index contributed by atoms with van der Waals surface area (Å²) in [5.74, 6) is 0. The van der Waals surface area contributed by atoms with Crippen molar-refractivity contribution in [2.45, 2.75) is 30.6 Å². The van der Waals surface area contributed by atoms with E-state index >= 15 is 0 Å². The van der Waals surface area contributed by atoms with Gasteiger partial charge in [-0.15, -0.1) is 0 Å². The summed E-state index contributed by atoms with van der Waals surface area (Å²) in [6.07, 6.45) is 1.53. The fourth-order valence-electron chi connectivity index (χ4n) is 3.74. The summed E-state index contributed by atoms with van der Waals surface area (Å²) in [6.45, 7) is 5.64. The van der Waals surface area contributed by atoms with Gasteiger partial charge in [0.2, 0.25) is 0 Å². The average molecular weight is 482 g/mol. The number of nitrogens with zero attached hydrogens (tertiary/aromatic N) is 1. The Balaban J connectivity index is 1.59.